The van der Waals surface area contributed by atoms with E-state index in [0.29, 0.717) is 22.4 Å². The van der Waals surface area contributed by atoms with E-state index in [1.165, 1.54) is 0 Å². The zero-order chi connectivity index (χ0) is 14.0. The van der Waals surface area contributed by atoms with Crippen molar-refractivity contribution in [3.05, 3.63) is 65.2 Å². The highest BCUT2D eigenvalue weighted by molar-refractivity contribution is 6.09. The van der Waals surface area contributed by atoms with E-state index in [4.69, 9.17) is 5.73 Å². The zero-order valence-corrected chi connectivity index (χ0v) is 11.1. The summed E-state index contributed by atoms with van der Waals surface area (Å²) < 4.78 is 0. The molecule has 0 amide bonds. The molecule has 0 saturated carbocycles. The first kappa shape index (κ1) is 13.3. The van der Waals surface area contributed by atoms with Crippen LogP contribution in [0.1, 0.15) is 35.3 Å². The van der Waals surface area contributed by atoms with Crippen molar-refractivity contribution in [1.29, 1.82) is 0 Å². The molecule has 0 fully saturated rings. The Morgan fingerprint density at radius 2 is 1.68 bits per heavy atom. The van der Waals surface area contributed by atoms with E-state index in [0.717, 1.165) is 0 Å². The Balaban J connectivity index is 2.45. The summed E-state index contributed by atoms with van der Waals surface area (Å²) in [6, 6.07) is 14.0. The first-order valence-corrected chi connectivity index (χ1v) is 6.12. The molecule has 98 valence electrons. The molecule has 3 N–H and O–H groups in total. The van der Waals surface area contributed by atoms with E-state index < -0.39 is 5.60 Å². The molecule has 0 unspecified atom stereocenters. The molecule has 0 atom stereocenters. The lowest BCUT2D eigenvalue weighted by Crippen LogP contribution is -2.18. The summed E-state index contributed by atoms with van der Waals surface area (Å²) in [5.74, 6) is -0.0777. The molecule has 3 nitrogen and oxygen atoms in total. The van der Waals surface area contributed by atoms with Gasteiger partial charge >= 0.3 is 0 Å². The van der Waals surface area contributed by atoms with E-state index in [9.17, 15) is 9.90 Å². The third-order valence-corrected chi connectivity index (χ3v) is 3.01. The number of nitrogen functional groups attached to an aromatic ring is 1. The van der Waals surface area contributed by atoms with Crippen molar-refractivity contribution in [2.45, 2.75) is 19.4 Å². The van der Waals surface area contributed by atoms with Gasteiger partial charge < -0.3 is 10.8 Å². The number of aliphatic hydroxyl groups is 1. The summed E-state index contributed by atoms with van der Waals surface area (Å²) >= 11 is 0. The molecule has 0 aromatic heterocycles. The first-order chi connectivity index (χ1) is 8.89. The van der Waals surface area contributed by atoms with E-state index >= 15 is 0 Å². The SMILES string of the molecule is CC(C)(O)c1cc(C(=O)c2ccccc2)ccc1N. The number of hydrogen-bond donors (Lipinski definition) is 2. The number of rotatable bonds is 3. The van der Waals surface area contributed by atoms with Crippen molar-refractivity contribution in [2.75, 3.05) is 5.73 Å². The molecular weight excluding hydrogens is 238 g/mol. The Morgan fingerprint density at radius 3 is 2.26 bits per heavy atom. The molecule has 2 aromatic carbocycles. The van der Waals surface area contributed by atoms with Gasteiger partial charge in [-0.15, -0.1) is 0 Å². The van der Waals surface area contributed by atoms with Crippen LogP contribution in [0.3, 0.4) is 0 Å². The fourth-order valence-electron chi connectivity index (χ4n) is 1.98. The van der Waals surface area contributed by atoms with Gasteiger partial charge in [-0.05, 0) is 32.0 Å². The van der Waals surface area contributed by atoms with Crippen LogP contribution < -0.4 is 5.73 Å². The molecule has 0 aliphatic heterocycles. The molecule has 2 aromatic rings. The van der Waals surface area contributed by atoms with Gasteiger partial charge in [-0.2, -0.15) is 0 Å². The van der Waals surface area contributed by atoms with Crippen LogP contribution in [0.25, 0.3) is 0 Å². The lowest BCUT2D eigenvalue weighted by atomic mass is 9.92. The highest BCUT2D eigenvalue weighted by atomic mass is 16.3. The summed E-state index contributed by atoms with van der Waals surface area (Å²) in [5, 5.41) is 10.1. The Labute approximate surface area is 112 Å². The van der Waals surface area contributed by atoms with Gasteiger partial charge in [0.15, 0.2) is 5.78 Å². The lowest BCUT2D eigenvalue weighted by molar-refractivity contribution is 0.0793. The third-order valence-electron chi connectivity index (χ3n) is 3.01. The molecule has 0 radical (unpaired) electrons. The van der Waals surface area contributed by atoms with Crippen molar-refractivity contribution < 1.29 is 9.90 Å². The van der Waals surface area contributed by atoms with Crippen LogP contribution in [0.2, 0.25) is 0 Å². The number of carbonyl (C=O) groups is 1. The fraction of sp³-hybridized carbons (Fsp3) is 0.188. The standard InChI is InChI=1S/C16H17NO2/c1-16(2,19)13-10-12(8-9-14(13)17)15(18)11-6-4-3-5-7-11/h3-10,19H,17H2,1-2H3. The monoisotopic (exact) mass is 255 g/mol. The average Bonchev–Trinajstić information content (AvgIpc) is 2.38. The molecule has 0 bridgehead atoms. The molecule has 0 aliphatic rings. The van der Waals surface area contributed by atoms with E-state index in [1.807, 2.05) is 18.2 Å². The average molecular weight is 255 g/mol. The predicted molar refractivity (Wildman–Crippen MR) is 76.0 cm³/mol. The summed E-state index contributed by atoms with van der Waals surface area (Å²) in [7, 11) is 0. The second-order valence-electron chi connectivity index (χ2n) is 5.06. The van der Waals surface area contributed by atoms with E-state index in [2.05, 4.69) is 0 Å². The van der Waals surface area contributed by atoms with E-state index in [1.54, 1.807) is 44.2 Å². The fourth-order valence-corrected chi connectivity index (χ4v) is 1.98. The van der Waals surface area contributed by atoms with Gasteiger partial charge in [-0.3, -0.25) is 4.79 Å². The minimum Gasteiger partial charge on any atom is -0.398 e. The highest BCUT2D eigenvalue weighted by Gasteiger charge is 2.21. The van der Waals surface area contributed by atoms with Gasteiger partial charge in [0.1, 0.15) is 0 Å². The smallest absolute Gasteiger partial charge is 0.193 e. The Kier molecular flexibility index (Phi) is 3.40. The van der Waals surface area contributed by atoms with Crippen molar-refractivity contribution >= 4 is 11.5 Å². The van der Waals surface area contributed by atoms with Crippen molar-refractivity contribution in [3.8, 4) is 0 Å². The zero-order valence-electron chi connectivity index (χ0n) is 11.1. The number of carbonyl (C=O) groups excluding carboxylic acids is 1. The Hall–Kier alpha value is -2.13. The van der Waals surface area contributed by atoms with Crippen LogP contribution in [0.5, 0.6) is 0 Å². The van der Waals surface area contributed by atoms with Gasteiger partial charge in [0.05, 0.1) is 5.60 Å². The van der Waals surface area contributed by atoms with Crippen LogP contribution in [0.4, 0.5) is 5.69 Å². The lowest BCUT2D eigenvalue weighted by Gasteiger charge is -2.20. The Bertz CT molecular complexity index is 598. The number of hydrogen-bond acceptors (Lipinski definition) is 3. The first-order valence-electron chi connectivity index (χ1n) is 6.12. The van der Waals surface area contributed by atoms with Gasteiger partial charge in [-0.1, -0.05) is 30.3 Å². The van der Waals surface area contributed by atoms with Crippen LogP contribution in [-0.2, 0) is 5.60 Å². The molecule has 2 rings (SSSR count). The molecule has 0 saturated heterocycles. The van der Waals surface area contributed by atoms with Crippen LogP contribution in [0.15, 0.2) is 48.5 Å². The largest absolute Gasteiger partial charge is 0.398 e. The quantitative estimate of drug-likeness (QED) is 0.654. The molecule has 3 heteroatoms. The van der Waals surface area contributed by atoms with Crippen molar-refractivity contribution in [2.24, 2.45) is 0 Å². The Morgan fingerprint density at radius 1 is 1.05 bits per heavy atom. The van der Waals surface area contributed by atoms with Gasteiger partial charge in [-0.25, -0.2) is 0 Å². The minimum absolute atomic E-state index is 0.0777. The topological polar surface area (TPSA) is 63.3 Å². The van der Waals surface area contributed by atoms with Gasteiger partial charge in [0.2, 0.25) is 0 Å². The second kappa shape index (κ2) is 4.86. The van der Waals surface area contributed by atoms with Gasteiger partial charge in [0.25, 0.3) is 0 Å². The highest BCUT2D eigenvalue weighted by Crippen LogP contribution is 2.27. The number of anilines is 1. The summed E-state index contributed by atoms with van der Waals surface area (Å²) in [6.07, 6.45) is 0. The van der Waals surface area contributed by atoms with Crippen molar-refractivity contribution in [3.63, 3.8) is 0 Å². The third kappa shape index (κ3) is 2.83. The maximum absolute atomic E-state index is 12.3. The maximum Gasteiger partial charge on any atom is 0.193 e. The molecular formula is C16H17NO2. The molecule has 19 heavy (non-hydrogen) atoms. The minimum atomic E-state index is -1.07. The van der Waals surface area contributed by atoms with Gasteiger partial charge in [0, 0.05) is 22.4 Å². The molecule has 0 aliphatic carbocycles. The maximum atomic E-state index is 12.3. The molecule has 0 spiro atoms. The number of ketones is 1. The second-order valence-corrected chi connectivity index (χ2v) is 5.06. The summed E-state index contributed by atoms with van der Waals surface area (Å²) in [5.41, 5.74) is 6.96. The molecule has 0 heterocycles. The predicted octanol–water partition coefficient (Wildman–Crippen LogP) is 2.73. The normalized spacial score (nSPS) is 11.3. The summed E-state index contributed by atoms with van der Waals surface area (Å²) in [6.45, 7) is 3.30. The van der Waals surface area contributed by atoms with Crippen LogP contribution >= 0.6 is 0 Å². The van der Waals surface area contributed by atoms with Crippen molar-refractivity contribution in [1.82, 2.24) is 0 Å². The van der Waals surface area contributed by atoms with E-state index in [-0.39, 0.29) is 5.78 Å². The number of benzene rings is 2. The summed E-state index contributed by atoms with van der Waals surface area (Å²) in [4.78, 5) is 12.3. The van der Waals surface area contributed by atoms with Crippen LogP contribution in [-0.4, -0.2) is 10.9 Å². The number of nitrogens with two attached hydrogens (primary N) is 1. The van der Waals surface area contributed by atoms with Crippen LogP contribution in [0, 0.1) is 0 Å².